The van der Waals surface area contributed by atoms with Crippen LogP contribution in [0.2, 0.25) is 5.02 Å². The molecule has 0 aliphatic heterocycles. The van der Waals surface area contributed by atoms with E-state index in [1.54, 1.807) is 0 Å². The van der Waals surface area contributed by atoms with Crippen molar-refractivity contribution in [1.29, 1.82) is 0 Å². The van der Waals surface area contributed by atoms with E-state index >= 15 is 0 Å². The number of rotatable bonds is 1. The molecule has 2 rings (SSSR count). The molecule has 0 fully saturated rings. The van der Waals surface area contributed by atoms with E-state index in [1.165, 1.54) is 11.0 Å². The van der Waals surface area contributed by atoms with E-state index in [2.05, 4.69) is 10.2 Å². The highest BCUT2D eigenvalue weighted by Gasteiger charge is 2.05. The van der Waals surface area contributed by atoms with Crippen molar-refractivity contribution in [3.05, 3.63) is 35.0 Å². The summed E-state index contributed by atoms with van der Waals surface area (Å²) in [5, 5.41) is 8.57. The molecule has 0 atom stereocenters. The normalized spacial score (nSPS) is 10.4. The fourth-order valence-electron chi connectivity index (χ4n) is 1.17. The summed E-state index contributed by atoms with van der Waals surface area (Å²) >= 11 is 6.00. The van der Waals surface area contributed by atoms with Crippen LogP contribution in [0, 0.1) is 6.92 Å². The molecule has 72 valence electrons. The van der Waals surface area contributed by atoms with Gasteiger partial charge in [0.05, 0.1) is 11.2 Å². The fourth-order valence-corrected chi connectivity index (χ4v) is 1.36. The SMILES string of the molecule is Cc1ccc(Cl)c(-n2ncc(N)n2)c1. The maximum Gasteiger partial charge on any atom is 0.166 e. The lowest BCUT2D eigenvalue weighted by Gasteiger charge is -2.03. The molecule has 0 bridgehead atoms. The van der Waals surface area contributed by atoms with Gasteiger partial charge in [0.1, 0.15) is 5.69 Å². The lowest BCUT2D eigenvalue weighted by Crippen LogP contribution is -2.00. The first kappa shape index (κ1) is 9.02. The van der Waals surface area contributed by atoms with E-state index in [0.29, 0.717) is 10.8 Å². The minimum atomic E-state index is 0.377. The minimum absolute atomic E-state index is 0.377. The average Bonchev–Trinajstić information content (AvgIpc) is 2.56. The van der Waals surface area contributed by atoms with Crippen LogP contribution in [0.4, 0.5) is 5.82 Å². The molecule has 1 aromatic heterocycles. The van der Waals surface area contributed by atoms with E-state index < -0.39 is 0 Å². The summed E-state index contributed by atoms with van der Waals surface area (Å²) in [6.07, 6.45) is 1.48. The molecule has 14 heavy (non-hydrogen) atoms. The van der Waals surface area contributed by atoms with Crippen molar-refractivity contribution in [3.63, 3.8) is 0 Å². The topological polar surface area (TPSA) is 56.7 Å². The molecule has 2 aromatic rings. The molecule has 5 heteroatoms. The summed E-state index contributed by atoms with van der Waals surface area (Å²) in [7, 11) is 0. The third kappa shape index (κ3) is 1.56. The zero-order chi connectivity index (χ0) is 10.1. The van der Waals surface area contributed by atoms with Gasteiger partial charge in [-0.15, -0.1) is 9.90 Å². The van der Waals surface area contributed by atoms with Gasteiger partial charge in [-0.25, -0.2) is 0 Å². The van der Waals surface area contributed by atoms with E-state index in [4.69, 9.17) is 17.3 Å². The highest BCUT2D eigenvalue weighted by molar-refractivity contribution is 6.32. The zero-order valence-corrected chi connectivity index (χ0v) is 8.36. The van der Waals surface area contributed by atoms with E-state index in [-0.39, 0.29) is 0 Å². The van der Waals surface area contributed by atoms with Gasteiger partial charge < -0.3 is 5.73 Å². The Morgan fingerprint density at radius 3 is 2.86 bits per heavy atom. The predicted molar refractivity (Wildman–Crippen MR) is 55.5 cm³/mol. The van der Waals surface area contributed by atoms with E-state index in [1.807, 2.05) is 25.1 Å². The van der Waals surface area contributed by atoms with Gasteiger partial charge in [0.2, 0.25) is 0 Å². The first-order valence-corrected chi connectivity index (χ1v) is 4.49. The van der Waals surface area contributed by atoms with Crippen LogP contribution < -0.4 is 5.73 Å². The summed E-state index contributed by atoms with van der Waals surface area (Å²) in [5.74, 6) is 0.377. The maximum absolute atomic E-state index is 6.00. The lowest BCUT2D eigenvalue weighted by molar-refractivity contribution is 0.754. The summed E-state index contributed by atoms with van der Waals surface area (Å²) in [6.45, 7) is 1.98. The van der Waals surface area contributed by atoms with E-state index in [0.717, 1.165) is 11.3 Å². The number of nitrogens with two attached hydrogens (primary N) is 1. The second-order valence-corrected chi connectivity index (χ2v) is 3.42. The van der Waals surface area contributed by atoms with Crippen molar-refractivity contribution in [2.75, 3.05) is 5.73 Å². The van der Waals surface area contributed by atoms with Gasteiger partial charge >= 0.3 is 0 Å². The van der Waals surface area contributed by atoms with Gasteiger partial charge in [-0.2, -0.15) is 5.10 Å². The molecular weight excluding hydrogens is 200 g/mol. The number of aromatic nitrogens is 3. The number of anilines is 1. The van der Waals surface area contributed by atoms with Gasteiger partial charge in [0, 0.05) is 0 Å². The lowest BCUT2D eigenvalue weighted by atomic mass is 10.2. The third-order valence-electron chi connectivity index (χ3n) is 1.83. The molecule has 1 aromatic carbocycles. The standard InChI is InChI=1S/C9H9ClN4/c1-6-2-3-7(10)8(4-6)14-12-5-9(11)13-14/h2-5H,1H3,(H2,11,13). The first-order valence-electron chi connectivity index (χ1n) is 4.11. The number of aryl methyl sites for hydroxylation is 1. The number of benzene rings is 1. The molecular formula is C9H9ClN4. The molecule has 0 saturated heterocycles. The zero-order valence-electron chi connectivity index (χ0n) is 7.61. The summed E-state index contributed by atoms with van der Waals surface area (Å²) in [4.78, 5) is 1.42. The molecule has 0 amide bonds. The number of nitrogens with zero attached hydrogens (tertiary/aromatic N) is 3. The smallest absolute Gasteiger partial charge is 0.166 e. The van der Waals surface area contributed by atoms with Gasteiger partial charge in [0.25, 0.3) is 0 Å². The monoisotopic (exact) mass is 208 g/mol. The van der Waals surface area contributed by atoms with Gasteiger partial charge in [-0.1, -0.05) is 17.7 Å². The Kier molecular flexibility index (Phi) is 2.13. The molecule has 0 unspecified atom stereocenters. The summed E-state index contributed by atoms with van der Waals surface area (Å²) in [6, 6.07) is 5.65. The van der Waals surface area contributed by atoms with E-state index in [9.17, 15) is 0 Å². The molecule has 0 spiro atoms. The molecule has 0 aliphatic rings. The molecule has 4 nitrogen and oxygen atoms in total. The Bertz CT molecular complexity index is 464. The Morgan fingerprint density at radius 2 is 2.21 bits per heavy atom. The number of nitrogen functional groups attached to an aromatic ring is 1. The van der Waals surface area contributed by atoms with Crippen molar-refractivity contribution in [2.24, 2.45) is 0 Å². The Morgan fingerprint density at radius 1 is 1.43 bits per heavy atom. The third-order valence-corrected chi connectivity index (χ3v) is 2.15. The van der Waals surface area contributed by atoms with Crippen molar-refractivity contribution in [3.8, 4) is 5.69 Å². The Balaban J connectivity index is 2.55. The van der Waals surface area contributed by atoms with Crippen LogP contribution in [-0.4, -0.2) is 15.0 Å². The highest BCUT2D eigenvalue weighted by Crippen LogP contribution is 2.20. The summed E-state index contributed by atoms with van der Waals surface area (Å²) < 4.78 is 0. The molecule has 0 aliphatic carbocycles. The second-order valence-electron chi connectivity index (χ2n) is 3.01. The second kappa shape index (κ2) is 3.31. The van der Waals surface area contributed by atoms with Gasteiger partial charge in [0.15, 0.2) is 5.82 Å². The van der Waals surface area contributed by atoms with Crippen molar-refractivity contribution in [1.82, 2.24) is 15.0 Å². The van der Waals surface area contributed by atoms with Crippen LogP contribution in [0.3, 0.4) is 0 Å². The molecule has 1 heterocycles. The van der Waals surface area contributed by atoms with Crippen LogP contribution in [0.15, 0.2) is 24.4 Å². The van der Waals surface area contributed by atoms with Crippen LogP contribution in [-0.2, 0) is 0 Å². The summed E-state index contributed by atoms with van der Waals surface area (Å²) in [5.41, 5.74) is 7.30. The Hall–Kier alpha value is -1.55. The Labute approximate surface area is 86.3 Å². The van der Waals surface area contributed by atoms with Crippen molar-refractivity contribution < 1.29 is 0 Å². The maximum atomic E-state index is 6.00. The van der Waals surface area contributed by atoms with Gasteiger partial charge in [-0.3, -0.25) is 0 Å². The molecule has 0 saturated carbocycles. The first-order chi connectivity index (χ1) is 6.66. The largest absolute Gasteiger partial charge is 0.381 e. The van der Waals surface area contributed by atoms with Gasteiger partial charge in [-0.05, 0) is 24.6 Å². The van der Waals surface area contributed by atoms with Crippen LogP contribution in [0.25, 0.3) is 5.69 Å². The van der Waals surface area contributed by atoms with Crippen LogP contribution in [0.5, 0.6) is 0 Å². The van der Waals surface area contributed by atoms with Crippen LogP contribution >= 0.6 is 11.6 Å². The predicted octanol–water partition coefficient (Wildman–Crippen LogP) is 1.81. The fraction of sp³-hybridized carbons (Fsp3) is 0.111. The van der Waals surface area contributed by atoms with Crippen LogP contribution in [0.1, 0.15) is 5.56 Å². The molecule has 0 radical (unpaired) electrons. The molecule has 2 N–H and O–H groups in total. The highest BCUT2D eigenvalue weighted by atomic mass is 35.5. The average molecular weight is 209 g/mol. The minimum Gasteiger partial charge on any atom is -0.381 e. The van der Waals surface area contributed by atoms with Crippen molar-refractivity contribution >= 4 is 17.4 Å². The number of hydrogen-bond acceptors (Lipinski definition) is 3. The number of hydrogen-bond donors (Lipinski definition) is 1. The van der Waals surface area contributed by atoms with Crippen molar-refractivity contribution in [2.45, 2.75) is 6.92 Å². The number of halogens is 1. The quantitative estimate of drug-likeness (QED) is 0.778.